The number of nitrogens with one attached hydrogen (secondary N) is 1. The first-order valence-electron chi connectivity index (χ1n) is 9.11. The fraction of sp³-hybridized carbons (Fsp3) is 0.136. The van der Waals surface area contributed by atoms with E-state index in [0.29, 0.717) is 12.1 Å². The minimum atomic E-state index is -0.0622. The van der Waals surface area contributed by atoms with Gasteiger partial charge in [-0.05, 0) is 48.5 Å². The summed E-state index contributed by atoms with van der Waals surface area (Å²) in [6.45, 7) is 0.570. The van der Waals surface area contributed by atoms with E-state index in [1.807, 2.05) is 77.5 Å². The highest BCUT2D eigenvalue weighted by molar-refractivity contribution is 7.98. The molecular formula is C22H20N4OS. The van der Waals surface area contributed by atoms with Gasteiger partial charge in [0.1, 0.15) is 5.65 Å². The Morgan fingerprint density at radius 2 is 1.86 bits per heavy atom. The molecule has 0 radical (unpaired) electrons. The van der Waals surface area contributed by atoms with Gasteiger partial charge < -0.3 is 9.72 Å². The molecule has 0 saturated carbocycles. The number of imidazole rings is 1. The molecule has 0 aliphatic heterocycles. The van der Waals surface area contributed by atoms with Crippen LogP contribution in [0.25, 0.3) is 5.65 Å². The molecule has 0 saturated heterocycles. The number of aromatic nitrogens is 3. The summed E-state index contributed by atoms with van der Waals surface area (Å²) in [5, 5.41) is 2.94. The van der Waals surface area contributed by atoms with Gasteiger partial charge in [-0.15, -0.1) is 11.8 Å². The average Bonchev–Trinajstić information content (AvgIpc) is 3.16. The van der Waals surface area contributed by atoms with Crippen LogP contribution in [0.4, 0.5) is 0 Å². The molecule has 0 aliphatic rings. The van der Waals surface area contributed by atoms with E-state index >= 15 is 0 Å². The third-order valence-electron chi connectivity index (χ3n) is 4.31. The second-order valence-electron chi connectivity index (χ2n) is 6.34. The summed E-state index contributed by atoms with van der Waals surface area (Å²) in [5.74, 6) is 0.727. The van der Waals surface area contributed by atoms with Crippen molar-refractivity contribution in [3.63, 3.8) is 0 Å². The highest BCUT2D eigenvalue weighted by Crippen LogP contribution is 2.23. The van der Waals surface area contributed by atoms with Crippen LogP contribution in [0.5, 0.6) is 0 Å². The Morgan fingerprint density at radius 3 is 2.64 bits per heavy atom. The van der Waals surface area contributed by atoms with E-state index in [1.165, 1.54) is 0 Å². The fourth-order valence-corrected chi connectivity index (χ4v) is 3.65. The van der Waals surface area contributed by atoms with Crippen molar-refractivity contribution >= 4 is 23.3 Å². The minimum Gasteiger partial charge on any atom is -0.352 e. The standard InChI is InChI=1S/C22H20N4OS/c27-22(24-13-11-18-5-1-3-12-23-18)17-7-9-20(10-8-17)28-16-19-15-26-14-4-2-6-21(26)25-19/h1-10,12,14-15H,11,13,16H2,(H,24,27). The maximum Gasteiger partial charge on any atom is 0.251 e. The number of carbonyl (C=O) groups excluding carboxylic acids is 1. The SMILES string of the molecule is O=C(NCCc1ccccn1)c1ccc(SCc2cn3ccccc3n2)cc1. The number of fused-ring (bicyclic) bond motifs is 1. The number of hydrogen-bond donors (Lipinski definition) is 1. The Bertz CT molecular complexity index is 1030. The van der Waals surface area contributed by atoms with E-state index in [4.69, 9.17) is 0 Å². The first-order valence-corrected chi connectivity index (χ1v) is 10.1. The van der Waals surface area contributed by atoms with Gasteiger partial charge in [0, 0.05) is 53.5 Å². The van der Waals surface area contributed by atoms with Gasteiger partial charge in [-0.25, -0.2) is 4.98 Å². The van der Waals surface area contributed by atoms with Crippen LogP contribution in [0.15, 0.2) is 84.1 Å². The van der Waals surface area contributed by atoms with E-state index in [1.54, 1.807) is 18.0 Å². The predicted molar refractivity (Wildman–Crippen MR) is 111 cm³/mol. The molecule has 0 spiro atoms. The molecule has 6 heteroatoms. The third-order valence-corrected chi connectivity index (χ3v) is 5.36. The summed E-state index contributed by atoms with van der Waals surface area (Å²) in [7, 11) is 0. The van der Waals surface area contributed by atoms with Gasteiger partial charge in [0.05, 0.1) is 5.69 Å². The van der Waals surface area contributed by atoms with Crippen molar-refractivity contribution in [3.05, 3.63) is 96.2 Å². The predicted octanol–water partition coefficient (Wildman–Crippen LogP) is 3.99. The molecule has 0 unspecified atom stereocenters. The third kappa shape index (κ3) is 4.58. The molecule has 1 aromatic carbocycles. The van der Waals surface area contributed by atoms with Gasteiger partial charge in [-0.2, -0.15) is 0 Å². The summed E-state index contributed by atoms with van der Waals surface area (Å²) < 4.78 is 2.02. The number of pyridine rings is 2. The quantitative estimate of drug-likeness (QED) is 0.486. The highest BCUT2D eigenvalue weighted by atomic mass is 32.2. The van der Waals surface area contributed by atoms with Gasteiger partial charge >= 0.3 is 0 Å². The van der Waals surface area contributed by atoms with Crippen LogP contribution in [-0.4, -0.2) is 26.8 Å². The van der Waals surface area contributed by atoms with Crippen molar-refractivity contribution in [1.82, 2.24) is 19.7 Å². The summed E-state index contributed by atoms with van der Waals surface area (Å²) in [6, 6.07) is 19.5. The van der Waals surface area contributed by atoms with Crippen molar-refractivity contribution in [3.8, 4) is 0 Å². The number of carbonyl (C=O) groups is 1. The van der Waals surface area contributed by atoms with E-state index < -0.39 is 0 Å². The molecule has 140 valence electrons. The van der Waals surface area contributed by atoms with Crippen LogP contribution in [0.3, 0.4) is 0 Å². The number of nitrogens with zero attached hydrogens (tertiary/aromatic N) is 3. The molecule has 4 rings (SSSR count). The zero-order valence-corrected chi connectivity index (χ0v) is 16.1. The van der Waals surface area contributed by atoms with Crippen LogP contribution in [0.1, 0.15) is 21.7 Å². The Morgan fingerprint density at radius 1 is 1.00 bits per heavy atom. The number of thioether (sulfide) groups is 1. The molecule has 0 aliphatic carbocycles. The Kier molecular flexibility index (Phi) is 5.68. The second-order valence-corrected chi connectivity index (χ2v) is 7.39. The fourth-order valence-electron chi connectivity index (χ4n) is 2.87. The highest BCUT2D eigenvalue weighted by Gasteiger charge is 2.06. The van der Waals surface area contributed by atoms with Gasteiger partial charge in [-0.3, -0.25) is 9.78 Å². The normalized spacial score (nSPS) is 10.9. The van der Waals surface area contributed by atoms with Crippen LogP contribution in [0, 0.1) is 0 Å². The lowest BCUT2D eigenvalue weighted by molar-refractivity contribution is 0.0954. The lowest BCUT2D eigenvalue weighted by Gasteiger charge is -2.06. The van der Waals surface area contributed by atoms with E-state index in [2.05, 4.69) is 15.3 Å². The zero-order valence-electron chi connectivity index (χ0n) is 15.3. The summed E-state index contributed by atoms with van der Waals surface area (Å²) >= 11 is 1.71. The lowest BCUT2D eigenvalue weighted by atomic mass is 10.2. The maximum atomic E-state index is 12.3. The smallest absolute Gasteiger partial charge is 0.251 e. The number of benzene rings is 1. The Hall–Kier alpha value is -3.12. The van der Waals surface area contributed by atoms with Crippen LogP contribution >= 0.6 is 11.8 Å². The van der Waals surface area contributed by atoms with Crippen molar-refractivity contribution in [1.29, 1.82) is 0 Å². The molecule has 1 N–H and O–H groups in total. The van der Waals surface area contributed by atoms with E-state index in [9.17, 15) is 4.79 Å². The molecule has 28 heavy (non-hydrogen) atoms. The van der Waals surface area contributed by atoms with E-state index in [0.717, 1.165) is 34.1 Å². The van der Waals surface area contributed by atoms with Gasteiger partial charge in [0.15, 0.2) is 0 Å². The molecule has 4 aromatic rings. The molecule has 5 nitrogen and oxygen atoms in total. The first kappa shape index (κ1) is 18.3. The van der Waals surface area contributed by atoms with Gasteiger partial charge in [-0.1, -0.05) is 12.1 Å². The summed E-state index contributed by atoms with van der Waals surface area (Å²) in [4.78, 5) is 22.3. The van der Waals surface area contributed by atoms with Gasteiger partial charge in [0.2, 0.25) is 0 Å². The summed E-state index contributed by atoms with van der Waals surface area (Å²) in [6.07, 6.45) is 6.53. The van der Waals surface area contributed by atoms with Crippen molar-refractivity contribution in [2.75, 3.05) is 6.54 Å². The molecule has 0 bridgehead atoms. The van der Waals surface area contributed by atoms with Crippen molar-refractivity contribution < 1.29 is 4.79 Å². The molecule has 0 atom stereocenters. The number of rotatable bonds is 7. The van der Waals surface area contributed by atoms with Crippen molar-refractivity contribution in [2.24, 2.45) is 0 Å². The molecule has 3 aromatic heterocycles. The number of hydrogen-bond acceptors (Lipinski definition) is 4. The largest absolute Gasteiger partial charge is 0.352 e. The molecule has 1 amide bonds. The summed E-state index contributed by atoms with van der Waals surface area (Å²) in [5.41, 5.74) is 3.63. The maximum absolute atomic E-state index is 12.3. The number of amides is 1. The first-order chi connectivity index (χ1) is 13.8. The molecule has 0 fully saturated rings. The monoisotopic (exact) mass is 388 g/mol. The second kappa shape index (κ2) is 8.71. The minimum absolute atomic E-state index is 0.0622. The van der Waals surface area contributed by atoms with Crippen LogP contribution in [0.2, 0.25) is 0 Å². The topological polar surface area (TPSA) is 59.3 Å². The lowest BCUT2D eigenvalue weighted by Crippen LogP contribution is -2.25. The van der Waals surface area contributed by atoms with Gasteiger partial charge in [0.25, 0.3) is 5.91 Å². The Balaban J connectivity index is 1.28. The van der Waals surface area contributed by atoms with E-state index in [-0.39, 0.29) is 5.91 Å². The van der Waals surface area contributed by atoms with Crippen LogP contribution < -0.4 is 5.32 Å². The zero-order chi connectivity index (χ0) is 19.2. The van der Waals surface area contributed by atoms with Crippen molar-refractivity contribution in [2.45, 2.75) is 17.1 Å². The Labute approximate surface area is 167 Å². The molecule has 3 heterocycles. The molecular weight excluding hydrogens is 368 g/mol. The average molecular weight is 388 g/mol. The van der Waals surface area contributed by atoms with Crippen LogP contribution in [-0.2, 0) is 12.2 Å².